The maximum Gasteiger partial charge on any atom is 0.338 e. The molecule has 0 aromatic carbocycles. The molecular formula is C34H59N4O5. The number of carbonyl (C=O) groups excluding carboxylic acids is 3. The first-order chi connectivity index (χ1) is 20.8. The van der Waals surface area contributed by atoms with E-state index in [1.807, 2.05) is 25.9 Å². The first kappa shape index (κ1) is 38.5. The van der Waals surface area contributed by atoms with E-state index < -0.39 is 12.1 Å². The van der Waals surface area contributed by atoms with E-state index in [1.165, 1.54) is 70.4 Å². The zero-order valence-electron chi connectivity index (χ0n) is 27.5. The van der Waals surface area contributed by atoms with Crippen molar-refractivity contribution in [3.8, 4) is 0 Å². The molecule has 0 saturated heterocycles. The number of likely N-dealkylation sites (N-methyl/N-ethyl adjacent to an activating group) is 2. The van der Waals surface area contributed by atoms with Crippen molar-refractivity contribution in [2.75, 3.05) is 46.9 Å². The van der Waals surface area contributed by atoms with Gasteiger partial charge in [0, 0.05) is 38.8 Å². The maximum absolute atomic E-state index is 12.6. The largest absolute Gasteiger partial charge is 0.462 e. The van der Waals surface area contributed by atoms with Crippen LogP contribution in [0.2, 0.25) is 0 Å². The quantitative estimate of drug-likeness (QED) is 0.102. The summed E-state index contributed by atoms with van der Waals surface area (Å²) in [5.74, 6) is -0.834. The molecule has 0 aliphatic heterocycles. The number of aromatic nitrogens is 1. The zero-order valence-corrected chi connectivity index (χ0v) is 27.5. The minimum atomic E-state index is -0.808. The van der Waals surface area contributed by atoms with Crippen molar-refractivity contribution >= 4 is 17.8 Å². The van der Waals surface area contributed by atoms with Gasteiger partial charge in [0.15, 0.2) is 0 Å². The standard InChI is InChI=1S/C34H59N4O5/c1-6-8-9-10-11-12-13-14-15-16-17-18-19-20-33(40)42-28-29(3)43-34(41)30-21-22-36-31(25-30)26-35-27-32(39)38(7-2)24-23-37(4)5/h21-22,25,29,35H,3,6-20,23-24,26-28H2,1-2,4-5H3. The second-order valence-electron chi connectivity index (χ2n) is 11.6. The van der Waals surface area contributed by atoms with Crippen LogP contribution in [-0.4, -0.2) is 85.6 Å². The fraction of sp³-hybridized carbons (Fsp3) is 0.735. The lowest BCUT2D eigenvalue weighted by atomic mass is 10.0. The Labute approximate surface area is 261 Å². The minimum absolute atomic E-state index is 0.0171. The molecule has 0 spiro atoms. The molecule has 1 rings (SSSR count). The van der Waals surface area contributed by atoms with E-state index in [0.717, 1.165) is 25.8 Å². The second-order valence-corrected chi connectivity index (χ2v) is 11.6. The molecular weight excluding hydrogens is 544 g/mol. The van der Waals surface area contributed by atoms with Crippen molar-refractivity contribution < 1.29 is 23.9 Å². The second kappa shape index (κ2) is 24.9. The topological polar surface area (TPSA) is 101 Å². The Kier molecular flexibility index (Phi) is 22.3. The molecule has 43 heavy (non-hydrogen) atoms. The fourth-order valence-electron chi connectivity index (χ4n) is 4.69. The SMILES string of the molecule is [CH2]C(COC(=O)CCCCCCCCCCCCCCC)OC(=O)c1ccnc(CNCC(=O)N(CC)CCN(C)C)c1. The Morgan fingerprint density at radius 1 is 0.907 bits per heavy atom. The lowest BCUT2D eigenvalue weighted by Gasteiger charge is -2.23. The van der Waals surface area contributed by atoms with Gasteiger partial charge < -0.3 is 24.6 Å². The third-order valence-electron chi connectivity index (χ3n) is 7.37. The maximum atomic E-state index is 12.6. The Morgan fingerprint density at radius 3 is 2.09 bits per heavy atom. The minimum Gasteiger partial charge on any atom is -0.462 e. The number of nitrogens with one attached hydrogen (secondary N) is 1. The number of nitrogens with zero attached hydrogens (tertiary/aromatic N) is 3. The summed E-state index contributed by atoms with van der Waals surface area (Å²) < 4.78 is 10.6. The molecule has 1 unspecified atom stereocenters. The lowest BCUT2D eigenvalue weighted by molar-refractivity contribution is -0.146. The van der Waals surface area contributed by atoms with Crippen molar-refractivity contribution in [3.63, 3.8) is 0 Å². The molecule has 1 aromatic rings. The van der Waals surface area contributed by atoms with Gasteiger partial charge in [0.1, 0.15) is 12.7 Å². The highest BCUT2D eigenvalue weighted by atomic mass is 16.6. The normalized spacial score (nSPS) is 11.9. The predicted octanol–water partition coefficient (Wildman–Crippen LogP) is 5.97. The van der Waals surface area contributed by atoms with Crippen LogP contribution in [0.15, 0.2) is 18.3 Å². The number of unbranched alkanes of at least 4 members (excludes halogenated alkanes) is 12. The molecule has 245 valence electrons. The van der Waals surface area contributed by atoms with Gasteiger partial charge in [-0.25, -0.2) is 4.79 Å². The molecule has 0 fully saturated rings. The van der Waals surface area contributed by atoms with Crippen LogP contribution < -0.4 is 5.32 Å². The van der Waals surface area contributed by atoms with Crippen LogP contribution in [0.5, 0.6) is 0 Å². The van der Waals surface area contributed by atoms with E-state index in [-0.39, 0.29) is 25.0 Å². The van der Waals surface area contributed by atoms with E-state index in [1.54, 1.807) is 17.0 Å². The molecule has 9 nitrogen and oxygen atoms in total. The van der Waals surface area contributed by atoms with E-state index in [2.05, 4.69) is 24.1 Å². The summed E-state index contributed by atoms with van der Waals surface area (Å²) >= 11 is 0. The Balaban J connectivity index is 2.18. The number of pyridine rings is 1. The van der Waals surface area contributed by atoms with Crippen molar-refractivity contribution in [1.29, 1.82) is 0 Å². The average Bonchev–Trinajstić information content (AvgIpc) is 2.98. The third kappa shape index (κ3) is 20.1. The summed E-state index contributed by atoms with van der Waals surface area (Å²) in [4.78, 5) is 45.2. The van der Waals surface area contributed by atoms with Gasteiger partial charge >= 0.3 is 11.9 Å². The highest BCUT2D eigenvalue weighted by molar-refractivity contribution is 5.89. The molecule has 1 atom stereocenters. The monoisotopic (exact) mass is 603 g/mol. The van der Waals surface area contributed by atoms with Crippen molar-refractivity contribution in [1.82, 2.24) is 20.1 Å². The van der Waals surface area contributed by atoms with Crippen molar-refractivity contribution in [2.24, 2.45) is 0 Å². The van der Waals surface area contributed by atoms with Crippen LogP contribution in [0, 0.1) is 6.92 Å². The number of ether oxygens (including phenoxy) is 2. The van der Waals surface area contributed by atoms with Crippen LogP contribution in [0.25, 0.3) is 0 Å². The van der Waals surface area contributed by atoms with Gasteiger partial charge in [-0.15, -0.1) is 0 Å². The summed E-state index contributed by atoms with van der Waals surface area (Å²) in [6, 6.07) is 3.18. The molecule has 1 aromatic heterocycles. The van der Waals surface area contributed by atoms with Gasteiger partial charge in [-0.2, -0.15) is 0 Å². The molecule has 0 aliphatic rings. The first-order valence-corrected chi connectivity index (χ1v) is 16.5. The predicted molar refractivity (Wildman–Crippen MR) is 173 cm³/mol. The molecule has 9 heteroatoms. The molecule has 0 saturated carbocycles. The number of hydrogen-bond donors (Lipinski definition) is 1. The van der Waals surface area contributed by atoms with Crippen molar-refractivity contribution in [2.45, 2.75) is 116 Å². The zero-order chi connectivity index (χ0) is 31.7. The molecule has 1 heterocycles. The summed E-state index contributed by atoms with van der Waals surface area (Å²) in [5, 5.41) is 3.10. The number of amides is 1. The van der Waals surface area contributed by atoms with E-state index in [9.17, 15) is 14.4 Å². The van der Waals surface area contributed by atoms with E-state index in [0.29, 0.717) is 37.3 Å². The van der Waals surface area contributed by atoms with Crippen LogP contribution in [0.4, 0.5) is 0 Å². The highest BCUT2D eigenvalue weighted by Gasteiger charge is 2.16. The molecule has 1 radical (unpaired) electrons. The summed E-state index contributed by atoms with van der Waals surface area (Å²) in [6.07, 6.45) is 17.4. The van der Waals surface area contributed by atoms with Gasteiger partial charge in [0.25, 0.3) is 0 Å². The third-order valence-corrected chi connectivity index (χ3v) is 7.37. The highest BCUT2D eigenvalue weighted by Crippen LogP contribution is 2.13. The first-order valence-electron chi connectivity index (χ1n) is 16.5. The number of esters is 2. The van der Waals surface area contributed by atoms with Crippen LogP contribution in [0.1, 0.15) is 120 Å². The average molecular weight is 604 g/mol. The van der Waals surface area contributed by atoms with Crippen molar-refractivity contribution in [3.05, 3.63) is 36.5 Å². The van der Waals surface area contributed by atoms with Crippen LogP contribution in [0.3, 0.4) is 0 Å². The number of hydrogen-bond acceptors (Lipinski definition) is 8. The number of rotatable bonds is 26. The fourth-order valence-corrected chi connectivity index (χ4v) is 4.69. The van der Waals surface area contributed by atoms with Gasteiger partial charge in [-0.3, -0.25) is 14.6 Å². The van der Waals surface area contributed by atoms with E-state index in [4.69, 9.17) is 9.47 Å². The molecule has 0 aliphatic carbocycles. The van der Waals surface area contributed by atoms with Gasteiger partial charge in [-0.1, -0.05) is 84.0 Å². The van der Waals surface area contributed by atoms with Gasteiger partial charge in [0.05, 0.1) is 17.8 Å². The Bertz CT molecular complexity index is 895. The summed E-state index contributed by atoms with van der Waals surface area (Å²) in [6.45, 7) is 10.6. The van der Waals surface area contributed by atoms with Gasteiger partial charge in [0.2, 0.25) is 5.91 Å². The smallest absolute Gasteiger partial charge is 0.338 e. The Morgan fingerprint density at radius 2 is 1.51 bits per heavy atom. The molecule has 0 bridgehead atoms. The van der Waals surface area contributed by atoms with E-state index >= 15 is 0 Å². The summed E-state index contributed by atoms with van der Waals surface area (Å²) in [7, 11) is 3.95. The van der Waals surface area contributed by atoms with Crippen LogP contribution in [-0.2, 0) is 25.6 Å². The number of carbonyl (C=O) groups is 3. The van der Waals surface area contributed by atoms with Crippen LogP contribution >= 0.6 is 0 Å². The summed E-state index contributed by atoms with van der Waals surface area (Å²) in [5.41, 5.74) is 0.940. The molecule has 1 N–H and O–H groups in total. The Hall–Kier alpha value is -2.52. The lowest BCUT2D eigenvalue weighted by Crippen LogP contribution is -2.41. The van der Waals surface area contributed by atoms with Gasteiger partial charge in [-0.05, 0) is 46.5 Å². The molecule has 1 amide bonds.